The van der Waals surface area contributed by atoms with Crippen LogP contribution in [0.1, 0.15) is 25.0 Å². The van der Waals surface area contributed by atoms with Crippen molar-refractivity contribution in [2.45, 2.75) is 25.4 Å². The Kier molecular flexibility index (Phi) is 5.04. The van der Waals surface area contributed by atoms with Crippen molar-refractivity contribution < 1.29 is 22.5 Å². The number of carbonyl (C=O) groups excluding carboxylic acids is 1. The van der Waals surface area contributed by atoms with Crippen molar-refractivity contribution in [1.82, 2.24) is 20.6 Å². The monoisotopic (exact) mass is 391 g/mol. The lowest BCUT2D eigenvalue weighted by Crippen LogP contribution is -2.43. The molecule has 0 unspecified atom stereocenters. The Hall–Kier alpha value is -3.43. The summed E-state index contributed by atoms with van der Waals surface area (Å²) in [5, 5.41) is 3.77. The molecular weight excluding hydrogens is 375 g/mol. The standard InChI is InChI=1S/C18H16F3N5O2/c1-17(2,12-4-3-5-13(10-12)18(19,20)21)15(27)24-25-16-23-14(26-28-16)11-6-8-22-9-7-11/h3-10H,1-2H3,(H,24,27)(H,23,25,26). The van der Waals surface area contributed by atoms with Crippen LogP contribution in [0.25, 0.3) is 11.4 Å². The van der Waals surface area contributed by atoms with Gasteiger partial charge in [0, 0.05) is 18.0 Å². The Morgan fingerprint density at radius 3 is 2.43 bits per heavy atom. The van der Waals surface area contributed by atoms with E-state index in [2.05, 4.69) is 26.0 Å². The molecule has 0 radical (unpaired) electrons. The highest BCUT2D eigenvalue weighted by molar-refractivity contribution is 5.88. The highest BCUT2D eigenvalue weighted by atomic mass is 19.4. The van der Waals surface area contributed by atoms with E-state index in [0.29, 0.717) is 5.56 Å². The number of carbonyl (C=O) groups is 1. The van der Waals surface area contributed by atoms with Crippen LogP contribution < -0.4 is 10.9 Å². The van der Waals surface area contributed by atoms with Crippen LogP contribution >= 0.6 is 0 Å². The molecule has 0 bridgehead atoms. The summed E-state index contributed by atoms with van der Waals surface area (Å²) in [6.45, 7) is 3.02. The molecule has 0 aliphatic heterocycles. The zero-order valence-electron chi connectivity index (χ0n) is 14.9. The van der Waals surface area contributed by atoms with Crippen LogP contribution in [-0.2, 0) is 16.4 Å². The minimum absolute atomic E-state index is 0.0694. The number of alkyl halides is 3. The number of aromatic nitrogens is 3. The molecule has 2 N–H and O–H groups in total. The fraction of sp³-hybridized carbons (Fsp3) is 0.222. The molecule has 28 heavy (non-hydrogen) atoms. The van der Waals surface area contributed by atoms with Crippen LogP contribution in [0.2, 0.25) is 0 Å². The molecule has 2 aromatic heterocycles. The molecule has 1 aromatic carbocycles. The third kappa shape index (κ3) is 4.11. The Labute approximate surface area is 158 Å². The van der Waals surface area contributed by atoms with E-state index < -0.39 is 23.1 Å². The summed E-state index contributed by atoms with van der Waals surface area (Å²) >= 11 is 0. The van der Waals surface area contributed by atoms with Crippen molar-refractivity contribution in [2.24, 2.45) is 0 Å². The van der Waals surface area contributed by atoms with E-state index >= 15 is 0 Å². The lowest BCUT2D eigenvalue weighted by atomic mass is 9.83. The average Bonchev–Trinajstić information content (AvgIpc) is 3.15. The third-order valence-corrected chi connectivity index (χ3v) is 4.13. The van der Waals surface area contributed by atoms with Crippen molar-refractivity contribution in [3.8, 4) is 11.4 Å². The zero-order valence-corrected chi connectivity index (χ0v) is 14.9. The van der Waals surface area contributed by atoms with Gasteiger partial charge >= 0.3 is 12.2 Å². The van der Waals surface area contributed by atoms with E-state index in [1.54, 1.807) is 24.5 Å². The molecule has 0 saturated carbocycles. The topological polar surface area (TPSA) is 92.9 Å². The lowest BCUT2D eigenvalue weighted by molar-refractivity contribution is -0.137. The van der Waals surface area contributed by atoms with Gasteiger partial charge in [-0.1, -0.05) is 23.4 Å². The predicted octanol–water partition coefficient (Wildman–Crippen LogP) is 3.57. The Balaban J connectivity index is 1.70. The molecular formula is C18H16F3N5O2. The molecule has 10 heteroatoms. The number of anilines is 1. The molecule has 0 spiro atoms. The first-order valence-electron chi connectivity index (χ1n) is 8.16. The largest absolute Gasteiger partial charge is 0.416 e. The Morgan fingerprint density at radius 2 is 1.75 bits per heavy atom. The normalized spacial score (nSPS) is 11.9. The van der Waals surface area contributed by atoms with Gasteiger partial charge < -0.3 is 4.52 Å². The van der Waals surface area contributed by atoms with E-state index in [9.17, 15) is 18.0 Å². The van der Waals surface area contributed by atoms with Crippen LogP contribution in [0.4, 0.5) is 19.2 Å². The summed E-state index contributed by atoms with van der Waals surface area (Å²) in [5.41, 5.74) is 3.67. The van der Waals surface area contributed by atoms with Crippen LogP contribution in [0.15, 0.2) is 53.3 Å². The highest BCUT2D eigenvalue weighted by Crippen LogP contribution is 2.33. The highest BCUT2D eigenvalue weighted by Gasteiger charge is 2.35. The van der Waals surface area contributed by atoms with Gasteiger partial charge in [0.25, 0.3) is 0 Å². The van der Waals surface area contributed by atoms with Gasteiger partial charge in [-0.15, -0.1) is 0 Å². The molecule has 2 heterocycles. The molecule has 0 aliphatic rings. The van der Waals surface area contributed by atoms with Gasteiger partial charge in [0.15, 0.2) is 0 Å². The zero-order chi connectivity index (χ0) is 20.4. The quantitative estimate of drug-likeness (QED) is 0.646. The average molecular weight is 391 g/mol. The van der Waals surface area contributed by atoms with Crippen LogP contribution in [0, 0.1) is 0 Å². The molecule has 3 rings (SSSR count). The first-order valence-corrected chi connectivity index (χ1v) is 8.16. The van der Waals surface area contributed by atoms with Gasteiger partial charge in [0.2, 0.25) is 11.7 Å². The molecule has 0 aliphatic carbocycles. The van der Waals surface area contributed by atoms with Gasteiger partial charge in [-0.2, -0.15) is 18.2 Å². The molecule has 0 saturated heterocycles. The number of benzene rings is 1. The van der Waals surface area contributed by atoms with E-state index in [1.165, 1.54) is 26.0 Å². The minimum Gasteiger partial charge on any atom is -0.313 e. The summed E-state index contributed by atoms with van der Waals surface area (Å²) < 4.78 is 43.8. The third-order valence-electron chi connectivity index (χ3n) is 4.13. The van der Waals surface area contributed by atoms with Gasteiger partial charge in [0.05, 0.1) is 11.0 Å². The van der Waals surface area contributed by atoms with E-state index in [-0.39, 0.29) is 17.4 Å². The van der Waals surface area contributed by atoms with Gasteiger partial charge in [-0.05, 0) is 37.6 Å². The lowest BCUT2D eigenvalue weighted by Gasteiger charge is -2.24. The van der Waals surface area contributed by atoms with Crippen molar-refractivity contribution in [3.63, 3.8) is 0 Å². The molecule has 7 nitrogen and oxygen atoms in total. The van der Waals surface area contributed by atoms with Crippen molar-refractivity contribution >= 4 is 11.9 Å². The summed E-state index contributed by atoms with van der Waals surface area (Å²) in [7, 11) is 0. The number of halogens is 3. The summed E-state index contributed by atoms with van der Waals surface area (Å²) in [6.07, 6.45) is -1.36. The van der Waals surface area contributed by atoms with E-state index in [0.717, 1.165) is 12.1 Å². The molecule has 0 fully saturated rings. The van der Waals surface area contributed by atoms with Crippen LogP contribution in [-0.4, -0.2) is 21.0 Å². The fourth-order valence-corrected chi connectivity index (χ4v) is 2.37. The number of amides is 1. The molecule has 1 amide bonds. The number of nitrogens with one attached hydrogen (secondary N) is 2. The Bertz CT molecular complexity index is 971. The fourth-order valence-electron chi connectivity index (χ4n) is 2.37. The maximum Gasteiger partial charge on any atom is 0.416 e. The molecule has 3 aromatic rings. The number of rotatable bonds is 5. The van der Waals surface area contributed by atoms with Crippen molar-refractivity contribution in [1.29, 1.82) is 0 Å². The van der Waals surface area contributed by atoms with Crippen LogP contribution in [0.3, 0.4) is 0 Å². The number of hydrogen-bond donors (Lipinski definition) is 2. The first-order chi connectivity index (χ1) is 13.2. The summed E-state index contributed by atoms with van der Waals surface area (Å²) in [4.78, 5) is 20.5. The van der Waals surface area contributed by atoms with Gasteiger partial charge in [0.1, 0.15) is 0 Å². The van der Waals surface area contributed by atoms with E-state index in [1.807, 2.05) is 0 Å². The summed E-state index contributed by atoms with van der Waals surface area (Å²) in [6, 6.07) is 7.93. The maximum atomic E-state index is 12.9. The number of pyridine rings is 1. The van der Waals surface area contributed by atoms with Gasteiger partial charge in [-0.3, -0.25) is 15.2 Å². The van der Waals surface area contributed by atoms with E-state index in [4.69, 9.17) is 4.52 Å². The van der Waals surface area contributed by atoms with Crippen LogP contribution in [0.5, 0.6) is 0 Å². The molecule has 146 valence electrons. The second-order valence-electron chi connectivity index (χ2n) is 6.44. The smallest absolute Gasteiger partial charge is 0.313 e. The van der Waals surface area contributed by atoms with Crippen molar-refractivity contribution in [2.75, 3.05) is 5.43 Å². The second-order valence-corrected chi connectivity index (χ2v) is 6.44. The Morgan fingerprint density at radius 1 is 1.07 bits per heavy atom. The predicted molar refractivity (Wildman–Crippen MR) is 93.8 cm³/mol. The minimum atomic E-state index is -4.49. The second kappa shape index (κ2) is 7.29. The SMILES string of the molecule is CC(C)(C(=O)NNc1nc(-c2ccncc2)no1)c1cccc(C(F)(F)F)c1. The summed E-state index contributed by atoms with van der Waals surface area (Å²) in [5.74, 6) is -0.285. The maximum absolute atomic E-state index is 12.9. The number of hydrazine groups is 1. The number of hydrogen-bond acceptors (Lipinski definition) is 6. The molecule has 0 atom stereocenters. The first kappa shape index (κ1) is 19.3. The van der Waals surface area contributed by atoms with Gasteiger partial charge in [-0.25, -0.2) is 5.43 Å². The number of nitrogens with zero attached hydrogens (tertiary/aromatic N) is 3. The van der Waals surface area contributed by atoms with Crippen molar-refractivity contribution in [3.05, 3.63) is 59.9 Å².